The Hall–Kier alpha value is -2.78. The van der Waals surface area contributed by atoms with Gasteiger partial charge in [0.2, 0.25) is 0 Å². The molecule has 0 aliphatic carbocycles. The molecule has 5 atom stereocenters. The average molecular weight is 743 g/mol. The van der Waals surface area contributed by atoms with E-state index >= 15 is 0 Å². The van der Waals surface area contributed by atoms with E-state index in [9.17, 15) is 20.4 Å². The van der Waals surface area contributed by atoms with E-state index in [1.807, 2.05) is 54.6 Å². The molecule has 53 heavy (non-hydrogen) atoms. The van der Waals surface area contributed by atoms with E-state index in [1.165, 1.54) is 16.7 Å². The van der Waals surface area contributed by atoms with Crippen LogP contribution in [0.1, 0.15) is 16.7 Å². The summed E-state index contributed by atoms with van der Waals surface area (Å²) in [6, 6.07) is 30.5. The summed E-state index contributed by atoms with van der Waals surface area (Å²) in [7, 11) is 12.4. The first-order valence-electron chi connectivity index (χ1n) is 18.7. The van der Waals surface area contributed by atoms with Crippen LogP contribution in [0.15, 0.2) is 91.0 Å². The molecule has 3 rings (SSSR count). The van der Waals surface area contributed by atoms with E-state index in [0.717, 1.165) is 19.6 Å². The fourth-order valence-corrected chi connectivity index (χ4v) is 6.75. The Kier molecular flexibility index (Phi) is 19.0. The van der Waals surface area contributed by atoms with Crippen LogP contribution in [0, 0.1) is 0 Å². The smallest absolute Gasteiger partial charge is 0.126 e. The van der Waals surface area contributed by atoms with Crippen molar-refractivity contribution in [2.24, 2.45) is 0 Å². The maximum Gasteiger partial charge on any atom is 0.126 e. The number of likely N-dealkylation sites (N-methyl/N-ethyl adjacent to an activating group) is 3. The molecule has 0 fully saturated rings. The quantitative estimate of drug-likeness (QED) is 0.0883. The van der Waals surface area contributed by atoms with E-state index < -0.39 is 30.5 Å². The second-order valence-electron chi connectivity index (χ2n) is 16.5. The van der Waals surface area contributed by atoms with Gasteiger partial charge in [-0.1, -0.05) is 91.0 Å². The Morgan fingerprint density at radius 2 is 0.679 bits per heavy atom. The molecule has 5 unspecified atom stereocenters. The topological polar surface area (TPSA) is 118 Å². The average Bonchev–Trinajstić information content (AvgIpc) is 3.07. The molecule has 3 aromatic rings. The Morgan fingerprint density at radius 1 is 0.396 bits per heavy atom. The van der Waals surface area contributed by atoms with Crippen LogP contribution in [-0.4, -0.2) is 173 Å². The van der Waals surface area contributed by atoms with Gasteiger partial charge in [-0.2, -0.15) is 0 Å². The lowest BCUT2D eigenvalue weighted by molar-refractivity contribution is -0.906. The van der Waals surface area contributed by atoms with Crippen molar-refractivity contribution in [3.05, 3.63) is 108 Å². The number of rotatable bonds is 27. The zero-order chi connectivity index (χ0) is 38.7. The monoisotopic (exact) mass is 742 g/mol. The third-order valence-electron chi connectivity index (χ3n) is 8.85. The first kappa shape index (κ1) is 44.6. The second kappa shape index (κ2) is 22.6. The van der Waals surface area contributed by atoms with Crippen molar-refractivity contribution in [1.82, 2.24) is 0 Å². The SMILES string of the molecule is C[N+](C)(Cc1ccccc1)CC(O)COCC(O)COCC(COCC(O)C[N+](C)(C)Cc1ccccc1)OCC(O)C[N+](C)(C)Cc1ccccc1. The van der Waals surface area contributed by atoms with Crippen LogP contribution in [-0.2, 0) is 38.6 Å². The summed E-state index contributed by atoms with van der Waals surface area (Å²) < 4.78 is 25.3. The number of quaternary nitrogens is 3. The minimum absolute atomic E-state index is 0.00282. The maximum absolute atomic E-state index is 10.9. The van der Waals surface area contributed by atoms with Gasteiger partial charge in [0.25, 0.3) is 0 Å². The molecule has 0 aliphatic heterocycles. The fraction of sp³-hybridized carbons (Fsp3) is 0.571. The van der Waals surface area contributed by atoms with Crippen LogP contribution in [0.5, 0.6) is 0 Å². The molecule has 0 aromatic heterocycles. The molecule has 0 bridgehead atoms. The van der Waals surface area contributed by atoms with Crippen LogP contribution >= 0.6 is 0 Å². The first-order chi connectivity index (χ1) is 25.1. The Labute approximate surface area is 318 Å². The van der Waals surface area contributed by atoms with Crippen LogP contribution in [0.3, 0.4) is 0 Å². The van der Waals surface area contributed by atoms with Crippen molar-refractivity contribution in [1.29, 1.82) is 0 Å². The molecule has 3 aromatic carbocycles. The molecule has 0 aliphatic rings. The van der Waals surface area contributed by atoms with Crippen LogP contribution in [0.2, 0.25) is 0 Å². The minimum Gasteiger partial charge on any atom is -0.388 e. The van der Waals surface area contributed by atoms with E-state index in [1.54, 1.807) is 0 Å². The molecule has 0 heterocycles. The highest BCUT2D eigenvalue weighted by molar-refractivity contribution is 5.14. The largest absolute Gasteiger partial charge is 0.388 e. The van der Waals surface area contributed by atoms with Gasteiger partial charge in [0.15, 0.2) is 0 Å². The summed E-state index contributed by atoms with van der Waals surface area (Å²) in [6.07, 6.45) is -3.53. The number of hydrogen-bond donors (Lipinski definition) is 4. The molecule has 11 heteroatoms. The Bertz CT molecular complexity index is 1380. The van der Waals surface area contributed by atoms with Gasteiger partial charge >= 0.3 is 0 Å². The molecular weight excluding hydrogens is 674 g/mol. The van der Waals surface area contributed by atoms with Gasteiger partial charge in [0, 0.05) is 16.7 Å². The first-order valence-corrected chi connectivity index (χ1v) is 18.7. The molecule has 0 radical (unpaired) electrons. The summed E-state index contributed by atoms with van der Waals surface area (Å²) in [6.45, 7) is 4.43. The van der Waals surface area contributed by atoms with Crippen molar-refractivity contribution < 1.29 is 52.8 Å². The Morgan fingerprint density at radius 3 is 1.02 bits per heavy atom. The van der Waals surface area contributed by atoms with E-state index in [-0.39, 0.29) is 46.2 Å². The van der Waals surface area contributed by atoms with Gasteiger partial charge in [0.1, 0.15) is 69.8 Å². The van der Waals surface area contributed by atoms with Crippen molar-refractivity contribution in [3.63, 3.8) is 0 Å². The minimum atomic E-state index is -0.899. The van der Waals surface area contributed by atoms with Gasteiger partial charge in [-0.25, -0.2) is 0 Å². The lowest BCUT2D eigenvalue weighted by atomic mass is 10.2. The van der Waals surface area contributed by atoms with Crippen molar-refractivity contribution in [2.75, 3.05) is 108 Å². The molecule has 0 amide bonds. The third kappa shape index (κ3) is 19.9. The number of aliphatic hydroxyl groups is 4. The van der Waals surface area contributed by atoms with Crippen LogP contribution < -0.4 is 0 Å². The summed E-state index contributed by atoms with van der Waals surface area (Å²) in [5.41, 5.74) is 3.59. The second-order valence-corrected chi connectivity index (χ2v) is 16.5. The summed E-state index contributed by atoms with van der Waals surface area (Å²) >= 11 is 0. The predicted molar refractivity (Wildman–Crippen MR) is 208 cm³/mol. The highest BCUT2D eigenvalue weighted by atomic mass is 16.6. The standard InChI is InChI=1S/C42H68N3O8/c1-43(2,22-35-16-10-7-11-17-35)25-38(46)28-50-30-41(49)31-52-34-42(53-32-40(48)27-45(5,6)24-37-20-14-9-15-21-37)33-51-29-39(47)26-44(3,4)23-36-18-12-8-13-19-36/h7-21,38-42,46-49H,22-34H2,1-6H3/q+3. The predicted octanol–water partition coefficient (Wildman–Crippen LogP) is 2.69. The molecule has 296 valence electrons. The number of ether oxygens (including phenoxy) is 4. The van der Waals surface area contributed by atoms with E-state index in [4.69, 9.17) is 18.9 Å². The lowest BCUT2D eigenvalue weighted by Gasteiger charge is -2.32. The molecule has 0 saturated carbocycles. The molecule has 4 N–H and O–H groups in total. The molecular formula is C42H68N3O8+3. The summed E-state index contributed by atoms with van der Waals surface area (Å²) in [4.78, 5) is 0. The number of nitrogens with zero attached hydrogens (tertiary/aromatic N) is 3. The lowest BCUT2D eigenvalue weighted by Crippen LogP contribution is -2.47. The Balaban J connectivity index is 1.44. The number of hydrogen-bond acceptors (Lipinski definition) is 8. The molecule has 0 spiro atoms. The van der Waals surface area contributed by atoms with Gasteiger partial charge in [-0.05, 0) is 0 Å². The van der Waals surface area contributed by atoms with Crippen LogP contribution in [0.4, 0.5) is 0 Å². The highest BCUT2D eigenvalue weighted by Gasteiger charge is 2.25. The third-order valence-corrected chi connectivity index (χ3v) is 8.85. The molecule has 11 nitrogen and oxygen atoms in total. The van der Waals surface area contributed by atoms with E-state index in [0.29, 0.717) is 33.1 Å². The summed E-state index contributed by atoms with van der Waals surface area (Å²) in [5.74, 6) is 0. The number of benzene rings is 3. The van der Waals surface area contributed by atoms with Gasteiger partial charge in [-0.3, -0.25) is 0 Å². The number of aliphatic hydroxyl groups excluding tert-OH is 4. The van der Waals surface area contributed by atoms with Gasteiger partial charge in [-0.15, -0.1) is 0 Å². The fourth-order valence-electron chi connectivity index (χ4n) is 6.75. The highest BCUT2D eigenvalue weighted by Crippen LogP contribution is 2.13. The summed E-state index contributed by atoms with van der Waals surface area (Å²) in [5, 5.41) is 42.9. The van der Waals surface area contributed by atoms with Crippen LogP contribution in [0.25, 0.3) is 0 Å². The molecule has 0 saturated heterocycles. The van der Waals surface area contributed by atoms with Crippen molar-refractivity contribution in [3.8, 4) is 0 Å². The van der Waals surface area contributed by atoms with Crippen molar-refractivity contribution >= 4 is 0 Å². The zero-order valence-corrected chi connectivity index (χ0v) is 33.0. The zero-order valence-electron chi connectivity index (χ0n) is 33.0. The normalized spacial score (nSPS) is 15.5. The maximum atomic E-state index is 10.9. The van der Waals surface area contributed by atoms with Gasteiger partial charge < -0.3 is 52.8 Å². The van der Waals surface area contributed by atoms with E-state index in [2.05, 4.69) is 78.7 Å². The van der Waals surface area contributed by atoms with Crippen molar-refractivity contribution in [2.45, 2.75) is 50.2 Å². The van der Waals surface area contributed by atoms with Gasteiger partial charge in [0.05, 0.1) is 88.5 Å².